The number of halogens is 1. The Morgan fingerprint density at radius 2 is 0.884 bits per heavy atom. The van der Waals surface area contributed by atoms with Gasteiger partial charge in [0.1, 0.15) is 0 Å². The number of allylic oxidation sites excluding steroid dienone is 6. The molecule has 1 rings (SSSR count). The summed E-state index contributed by atoms with van der Waals surface area (Å²) in [6.45, 7) is 5.21. The number of hydrogen-bond acceptors (Lipinski definition) is 2. The first-order chi connectivity index (χ1) is 21.3. The molecule has 3 heteroatoms. The van der Waals surface area contributed by atoms with E-state index in [0.29, 0.717) is 12.5 Å². The minimum atomic E-state index is -0.362. The lowest BCUT2D eigenvalue weighted by Crippen LogP contribution is -2.31. The molecule has 0 aromatic heterocycles. The molecule has 0 bridgehead atoms. The third-order valence-electron chi connectivity index (χ3n) is 8.91. The zero-order valence-corrected chi connectivity index (χ0v) is 29.7. The van der Waals surface area contributed by atoms with Gasteiger partial charge < -0.3 is 9.47 Å². The predicted octanol–water partition coefficient (Wildman–Crippen LogP) is 14.0. The Labute approximate surface area is 274 Å². The van der Waals surface area contributed by atoms with E-state index in [9.17, 15) is 0 Å². The lowest BCUT2D eigenvalue weighted by atomic mass is 9.98. The fourth-order valence-corrected chi connectivity index (χ4v) is 6.26. The van der Waals surface area contributed by atoms with Crippen molar-refractivity contribution in [2.75, 3.05) is 12.5 Å². The average molecular weight is 621 g/mol. The molecular weight excluding hydrogens is 548 g/mol. The highest BCUT2D eigenvalue weighted by Crippen LogP contribution is 2.35. The van der Waals surface area contributed by atoms with Gasteiger partial charge in [-0.2, -0.15) is 0 Å². The Bertz CT molecular complexity index is 657. The molecule has 0 saturated carbocycles. The van der Waals surface area contributed by atoms with Gasteiger partial charge >= 0.3 is 0 Å². The molecule has 1 fully saturated rings. The molecule has 252 valence electrons. The van der Waals surface area contributed by atoms with Crippen LogP contribution in [0.2, 0.25) is 0 Å². The third kappa shape index (κ3) is 25.3. The van der Waals surface area contributed by atoms with E-state index in [4.69, 9.17) is 21.1 Å². The summed E-state index contributed by atoms with van der Waals surface area (Å²) < 4.78 is 12.6. The molecule has 0 aromatic carbocycles. The molecule has 2 atom stereocenters. The maximum absolute atomic E-state index is 6.38. The topological polar surface area (TPSA) is 18.5 Å². The van der Waals surface area contributed by atoms with Crippen LogP contribution in [0.1, 0.15) is 194 Å². The van der Waals surface area contributed by atoms with Crippen molar-refractivity contribution < 1.29 is 9.47 Å². The van der Waals surface area contributed by atoms with Gasteiger partial charge in [-0.3, -0.25) is 0 Å². The SMILES string of the molecule is CCCCC/C=C\C/C=C\CCCCCCCCC1(CCCCCCCCCCC/C=C\CCCCC)OC[C@H](CCl)O1. The molecule has 0 amide bonds. The Kier molecular flexibility index (Phi) is 29.6. The normalized spacial score (nSPS) is 19.2. The Hall–Kier alpha value is -0.570. The highest BCUT2D eigenvalue weighted by atomic mass is 35.5. The standard InChI is InChI=1S/C40H73ClO2/c1-3-5-7-9-11-13-15-17-19-21-23-25-27-29-31-33-35-40(42-38-39(37-41)43-40)36-34-32-30-28-26-24-22-20-18-16-14-12-10-8-6-4-2/h11-14,17,19,39H,3-10,15-16,18,20-38H2,1-2H3/b13-11-,14-12-,19-17-/t39-,40?/m0/s1. The minimum absolute atomic E-state index is 0.0721. The van der Waals surface area contributed by atoms with E-state index >= 15 is 0 Å². The monoisotopic (exact) mass is 621 g/mol. The molecule has 1 heterocycles. The van der Waals surface area contributed by atoms with Crippen molar-refractivity contribution in [2.24, 2.45) is 0 Å². The highest BCUT2D eigenvalue weighted by Gasteiger charge is 2.40. The molecule has 1 unspecified atom stereocenters. The number of unbranched alkanes of at least 4 members (excludes halogenated alkanes) is 21. The van der Waals surface area contributed by atoms with Crippen LogP contribution in [0.5, 0.6) is 0 Å². The molecule has 0 aromatic rings. The summed E-state index contributed by atoms with van der Waals surface area (Å²) in [5, 5.41) is 0. The molecule has 0 aliphatic carbocycles. The van der Waals surface area contributed by atoms with E-state index in [2.05, 4.69) is 50.3 Å². The Morgan fingerprint density at radius 1 is 0.512 bits per heavy atom. The average Bonchev–Trinajstić information content (AvgIpc) is 3.44. The van der Waals surface area contributed by atoms with Crippen LogP contribution in [-0.4, -0.2) is 24.4 Å². The number of alkyl halides is 1. The zero-order valence-electron chi connectivity index (χ0n) is 28.9. The summed E-state index contributed by atoms with van der Waals surface area (Å²) in [4.78, 5) is 0. The zero-order chi connectivity index (χ0) is 30.9. The van der Waals surface area contributed by atoms with Gasteiger partial charge in [0.25, 0.3) is 0 Å². The van der Waals surface area contributed by atoms with Crippen molar-refractivity contribution in [3.8, 4) is 0 Å². The number of hydrogen-bond donors (Lipinski definition) is 0. The number of ether oxygens (including phenoxy) is 2. The van der Waals surface area contributed by atoms with Crippen molar-refractivity contribution in [3.05, 3.63) is 36.5 Å². The van der Waals surface area contributed by atoms with Gasteiger partial charge in [0.2, 0.25) is 0 Å². The van der Waals surface area contributed by atoms with Gasteiger partial charge in [-0.15, -0.1) is 11.6 Å². The largest absolute Gasteiger partial charge is 0.347 e. The second-order valence-electron chi connectivity index (χ2n) is 13.1. The molecular formula is C40H73ClO2. The minimum Gasteiger partial charge on any atom is -0.347 e. The summed E-state index contributed by atoms with van der Waals surface area (Å²) in [6.07, 6.45) is 50.5. The Balaban J connectivity index is 2.01. The second kappa shape index (κ2) is 31.4. The molecule has 43 heavy (non-hydrogen) atoms. The molecule has 2 nitrogen and oxygen atoms in total. The maximum Gasteiger partial charge on any atom is 0.168 e. The van der Waals surface area contributed by atoms with E-state index in [1.807, 2.05) is 0 Å². The van der Waals surface area contributed by atoms with E-state index in [0.717, 1.165) is 19.3 Å². The predicted molar refractivity (Wildman–Crippen MR) is 192 cm³/mol. The summed E-state index contributed by atoms with van der Waals surface area (Å²) in [5.74, 6) is 0.180. The second-order valence-corrected chi connectivity index (χ2v) is 13.4. The smallest absolute Gasteiger partial charge is 0.168 e. The van der Waals surface area contributed by atoms with Crippen molar-refractivity contribution >= 4 is 11.6 Å². The quantitative estimate of drug-likeness (QED) is 0.0423. The molecule has 1 aliphatic heterocycles. The first kappa shape index (κ1) is 40.5. The van der Waals surface area contributed by atoms with E-state index in [-0.39, 0.29) is 11.9 Å². The van der Waals surface area contributed by atoms with Crippen LogP contribution in [-0.2, 0) is 9.47 Å². The molecule has 0 N–H and O–H groups in total. The van der Waals surface area contributed by atoms with Gasteiger partial charge in [-0.25, -0.2) is 0 Å². The lowest BCUT2D eigenvalue weighted by Gasteiger charge is -2.28. The van der Waals surface area contributed by atoms with E-state index in [1.54, 1.807) is 0 Å². The van der Waals surface area contributed by atoms with Crippen LogP contribution in [0.4, 0.5) is 0 Å². The number of rotatable bonds is 32. The van der Waals surface area contributed by atoms with Crippen molar-refractivity contribution in [1.29, 1.82) is 0 Å². The van der Waals surface area contributed by atoms with Gasteiger partial charge in [0.05, 0.1) is 18.6 Å². The van der Waals surface area contributed by atoms with Crippen molar-refractivity contribution in [1.82, 2.24) is 0 Å². The van der Waals surface area contributed by atoms with Crippen LogP contribution < -0.4 is 0 Å². The maximum atomic E-state index is 6.38. The molecule has 1 aliphatic rings. The van der Waals surface area contributed by atoms with Crippen LogP contribution in [0, 0.1) is 0 Å². The van der Waals surface area contributed by atoms with Crippen LogP contribution in [0.25, 0.3) is 0 Å². The first-order valence-corrected chi connectivity index (χ1v) is 19.6. The van der Waals surface area contributed by atoms with Gasteiger partial charge in [-0.05, 0) is 70.6 Å². The van der Waals surface area contributed by atoms with Crippen molar-refractivity contribution in [3.63, 3.8) is 0 Å². The summed E-state index contributed by atoms with van der Waals surface area (Å²) >= 11 is 6.12. The fourth-order valence-electron chi connectivity index (χ4n) is 6.10. The van der Waals surface area contributed by atoms with Gasteiger partial charge in [0.15, 0.2) is 5.79 Å². The fraction of sp³-hybridized carbons (Fsp3) is 0.850. The van der Waals surface area contributed by atoms with Gasteiger partial charge in [-0.1, -0.05) is 147 Å². The van der Waals surface area contributed by atoms with Crippen molar-refractivity contribution in [2.45, 2.75) is 206 Å². The van der Waals surface area contributed by atoms with Crippen LogP contribution in [0.15, 0.2) is 36.5 Å². The molecule has 0 radical (unpaired) electrons. The van der Waals surface area contributed by atoms with Crippen LogP contribution in [0.3, 0.4) is 0 Å². The third-order valence-corrected chi connectivity index (χ3v) is 9.26. The van der Waals surface area contributed by atoms with Crippen LogP contribution >= 0.6 is 11.6 Å². The van der Waals surface area contributed by atoms with E-state index < -0.39 is 0 Å². The van der Waals surface area contributed by atoms with Gasteiger partial charge in [0, 0.05) is 12.8 Å². The summed E-state index contributed by atoms with van der Waals surface area (Å²) in [7, 11) is 0. The summed E-state index contributed by atoms with van der Waals surface area (Å²) in [6, 6.07) is 0. The van der Waals surface area contributed by atoms with E-state index in [1.165, 1.54) is 161 Å². The first-order valence-electron chi connectivity index (χ1n) is 19.1. The Morgan fingerprint density at radius 3 is 1.28 bits per heavy atom. The highest BCUT2D eigenvalue weighted by molar-refractivity contribution is 6.18. The molecule has 0 spiro atoms. The lowest BCUT2D eigenvalue weighted by molar-refractivity contribution is -0.177. The summed E-state index contributed by atoms with van der Waals surface area (Å²) in [5.41, 5.74) is 0. The molecule has 1 saturated heterocycles.